The Kier molecular flexibility index (Phi) is 3.76. The maximum atomic E-state index is 12.3. The molecule has 2 N–H and O–H groups in total. The number of anilines is 1. The van der Waals surface area contributed by atoms with Gasteiger partial charge in [0, 0.05) is 24.3 Å². The fourth-order valence-electron chi connectivity index (χ4n) is 2.59. The highest BCUT2D eigenvalue weighted by atomic mass is 16.1. The van der Waals surface area contributed by atoms with Crippen molar-refractivity contribution in [2.45, 2.75) is 32.9 Å². The van der Waals surface area contributed by atoms with Crippen molar-refractivity contribution in [1.29, 1.82) is 0 Å². The van der Waals surface area contributed by atoms with E-state index in [-0.39, 0.29) is 5.91 Å². The molecule has 1 heterocycles. The highest BCUT2D eigenvalue weighted by Gasteiger charge is 2.13. The van der Waals surface area contributed by atoms with Crippen LogP contribution in [0.2, 0.25) is 0 Å². The molecule has 0 spiro atoms. The van der Waals surface area contributed by atoms with Gasteiger partial charge in [-0.25, -0.2) is 0 Å². The predicted octanol–water partition coefficient (Wildman–Crippen LogP) is 3.67. The van der Waals surface area contributed by atoms with Gasteiger partial charge in [-0.05, 0) is 46.9 Å². The molecule has 0 fully saturated rings. The minimum atomic E-state index is -0.0537. The van der Waals surface area contributed by atoms with Gasteiger partial charge in [-0.3, -0.25) is 4.79 Å². The Bertz CT molecular complexity index is 659. The second-order valence-electron chi connectivity index (χ2n) is 5.82. The molecule has 1 aliphatic rings. The van der Waals surface area contributed by atoms with Crippen molar-refractivity contribution in [3.63, 3.8) is 0 Å². The van der Waals surface area contributed by atoms with Crippen molar-refractivity contribution >= 4 is 11.6 Å². The third-order valence-corrected chi connectivity index (χ3v) is 3.93. The molecule has 2 aromatic carbocycles. The zero-order valence-corrected chi connectivity index (χ0v) is 12.4. The first-order chi connectivity index (χ1) is 10.1. The Balaban J connectivity index is 1.74. The molecule has 3 rings (SSSR count). The second-order valence-corrected chi connectivity index (χ2v) is 5.82. The Morgan fingerprint density at radius 1 is 1.05 bits per heavy atom. The molecule has 0 saturated carbocycles. The van der Waals surface area contributed by atoms with E-state index in [0.29, 0.717) is 11.5 Å². The smallest absolute Gasteiger partial charge is 0.255 e. The highest BCUT2D eigenvalue weighted by Crippen LogP contribution is 2.20. The van der Waals surface area contributed by atoms with E-state index in [1.54, 1.807) is 0 Å². The van der Waals surface area contributed by atoms with Gasteiger partial charge in [0.25, 0.3) is 5.91 Å². The molecule has 1 amide bonds. The van der Waals surface area contributed by atoms with Gasteiger partial charge >= 0.3 is 0 Å². The first kappa shape index (κ1) is 13.8. The maximum absolute atomic E-state index is 12.3. The van der Waals surface area contributed by atoms with Crippen molar-refractivity contribution in [2.24, 2.45) is 0 Å². The number of hydrogen-bond acceptors (Lipinski definition) is 2. The van der Waals surface area contributed by atoms with Crippen LogP contribution in [0.1, 0.15) is 46.8 Å². The third kappa shape index (κ3) is 2.98. The Hall–Kier alpha value is -2.13. The zero-order valence-electron chi connectivity index (χ0n) is 12.4. The van der Waals surface area contributed by atoms with Crippen LogP contribution in [0.5, 0.6) is 0 Å². The quantitative estimate of drug-likeness (QED) is 0.900. The number of hydrogen-bond donors (Lipinski definition) is 2. The number of carbonyl (C=O) groups is 1. The van der Waals surface area contributed by atoms with E-state index in [2.05, 4.69) is 36.6 Å². The minimum absolute atomic E-state index is 0.0537. The number of rotatable bonds is 3. The number of benzene rings is 2. The van der Waals surface area contributed by atoms with Gasteiger partial charge in [0.1, 0.15) is 0 Å². The molecular weight excluding hydrogens is 260 g/mol. The molecule has 108 valence electrons. The lowest BCUT2D eigenvalue weighted by Crippen LogP contribution is -2.12. The fourth-order valence-corrected chi connectivity index (χ4v) is 2.59. The van der Waals surface area contributed by atoms with Crippen LogP contribution in [0.15, 0.2) is 42.5 Å². The minimum Gasteiger partial charge on any atom is -0.322 e. The van der Waals surface area contributed by atoms with Crippen LogP contribution in [0.3, 0.4) is 0 Å². The summed E-state index contributed by atoms with van der Waals surface area (Å²) in [6.07, 6.45) is 0. The summed E-state index contributed by atoms with van der Waals surface area (Å²) in [5.41, 5.74) is 5.33. The van der Waals surface area contributed by atoms with Crippen LogP contribution >= 0.6 is 0 Å². The number of nitrogens with one attached hydrogen (secondary N) is 2. The number of amides is 1. The summed E-state index contributed by atoms with van der Waals surface area (Å²) < 4.78 is 0. The lowest BCUT2D eigenvalue weighted by Gasteiger charge is -2.09. The second kappa shape index (κ2) is 5.70. The van der Waals surface area contributed by atoms with Gasteiger partial charge in [-0.1, -0.05) is 32.0 Å². The Labute approximate surface area is 125 Å². The molecule has 0 radical (unpaired) electrons. The summed E-state index contributed by atoms with van der Waals surface area (Å²) in [4.78, 5) is 12.3. The van der Waals surface area contributed by atoms with Gasteiger partial charge in [0.15, 0.2) is 0 Å². The average Bonchev–Trinajstić information content (AvgIpc) is 2.95. The highest BCUT2D eigenvalue weighted by molar-refractivity contribution is 6.04. The predicted molar refractivity (Wildman–Crippen MR) is 85.5 cm³/mol. The number of fused-ring (bicyclic) bond motifs is 1. The largest absolute Gasteiger partial charge is 0.322 e. The van der Waals surface area contributed by atoms with E-state index >= 15 is 0 Å². The van der Waals surface area contributed by atoms with Gasteiger partial charge in [-0.15, -0.1) is 0 Å². The topological polar surface area (TPSA) is 41.1 Å². The standard InChI is InChI=1S/C18H20N2O/c1-12(2)13-5-7-17(8-6-13)20-18(21)14-3-4-15-10-19-11-16(15)9-14/h3-9,12,19H,10-11H2,1-2H3,(H,20,21). The van der Waals surface area contributed by atoms with Gasteiger partial charge in [0.05, 0.1) is 0 Å². The summed E-state index contributed by atoms with van der Waals surface area (Å²) in [5, 5.41) is 6.24. The Morgan fingerprint density at radius 2 is 1.76 bits per heavy atom. The summed E-state index contributed by atoms with van der Waals surface area (Å²) in [6.45, 7) is 6.06. The summed E-state index contributed by atoms with van der Waals surface area (Å²) in [6, 6.07) is 14.0. The fraction of sp³-hybridized carbons (Fsp3) is 0.278. The zero-order chi connectivity index (χ0) is 14.8. The van der Waals surface area contributed by atoms with Crippen LogP contribution in [0.4, 0.5) is 5.69 Å². The first-order valence-corrected chi connectivity index (χ1v) is 7.37. The lowest BCUT2D eigenvalue weighted by atomic mass is 10.0. The van der Waals surface area contributed by atoms with E-state index in [1.807, 2.05) is 30.3 Å². The summed E-state index contributed by atoms with van der Waals surface area (Å²) >= 11 is 0. The molecule has 0 atom stereocenters. The molecule has 1 aliphatic heterocycles. The normalized spacial score (nSPS) is 13.3. The van der Waals surface area contributed by atoms with Crippen molar-refractivity contribution in [2.75, 3.05) is 5.32 Å². The number of carbonyl (C=O) groups excluding carboxylic acids is 1. The van der Waals surface area contributed by atoms with Gasteiger partial charge < -0.3 is 10.6 Å². The molecule has 0 saturated heterocycles. The lowest BCUT2D eigenvalue weighted by molar-refractivity contribution is 0.102. The van der Waals surface area contributed by atoms with Gasteiger partial charge in [-0.2, -0.15) is 0 Å². The van der Waals surface area contributed by atoms with Crippen molar-refractivity contribution in [1.82, 2.24) is 5.32 Å². The molecule has 0 unspecified atom stereocenters. The molecule has 3 nitrogen and oxygen atoms in total. The van der Waals surface area contributed by atoms with Crippen molar-refractivity contribution < 1.29 is 4.79 Å². The molecule has 0 aliphatic carbocycles. The van der Waals surface area contributed by atoms with Crippen LogP contribution in [0, 0.1) is 0 Å². The molecule has 21 heavy (non-hydrogen) atoms. The van der Waals surface area contributed by atoms with Crippen LogP contribution < -0.4 is 10.6 Å². The Morgan fingerprint density at radius 3 is 2.48 bits per heavy atom. The molecular formula is C18H20N2O. The molecule has 2 aromatic rings. The van der Waals surface area contributed by atoms with Crippen molar-refractivity contribution in [3.05, 3.63) is 64.7 Å². The molecule has 0 bridgehead atoms. The van der Waals surface area contributed by atoms with Crippen LogP contribution in [-0.4, -0.2) is 5.91 Å². The average molecular weight is 280 g/mol. The third-order valence-electron chi connectivity index (χ3n) is 3.93. The molecule has 3 heteroatoms. The van der Waals surface area contributed by atoms with E-state index in [9.17, 15) is 4.79 Å². The first-order valence-electron chi connectivity index (χ1n) is 7.37. The summed E-state index contributed by atoms with van der Waals surface area (Å²) in [5.74, 6) is 0.445. The van der Waals surface area contributed by atoms with E-state index in [0.717, 1.165) is 18.8 Å². The SMILES string of the molecule is CC(C)c1ccc(NC(=O)c2ccc3c(c2)CNC3)cc1. The monoisotopic (exact) mass is 280 g/mol. The van der Waals surface area contributed by atoms with Crippen LogP contribution in [0.25, 0.3) is 0 Å². The van der Waals surface area contributed by atoms with Gasteiger partial charge in [0.2, 0.25) is 0 Å². The summed E-state index contributed by atoms with van der Waals surface area (Å²) in [7, 11) is 0. The molecule has 0 aromatic heterocycles. The van der Waals surface area contributed by atoms with E-state index in [1.165, 1.54) is 16.7 Å². The van der Waals surface area contributed by atoms with Crippen molar-refractivity contribution in [3.8, 4) is 0 Å². The maximum Gasteiger partial charge on any atom is 0.255 e. The van der Waals surface area contributed by atoms with E-state index in [4.69, 9.17) is 0 Å². The van der Waals surface area contributed by atoms with E-state index < -0.39 is 0 Å². The van der Waals surface area contributed by atoms with Crippen LogP contribution in [-0.2, 0) is 13.1 Å².